The lowest BCUT2D eigenvalue weighted by Gasteiger charge is -2.33. The molecule has 4 rings (SSSR count). The molecule has 3 aromatic rings. The predicted molar refractivity (Wildman–Crippen MR) is 99.3 cm³/mol. The lowest BCUT2D eigenvalue weighted by atomic mass is 9.96. The summed E-state index contributed by atoms with van der Waals surface area (Å²) in [5.74, 6) is 2.67. The summed E-state index contributed by atoms with van der Waals surface area (Å²) in [5, 5.41) is 4.75. The highest BCUT2D eigenvalue weighted by Gasteiger charge is 2.29. The molecule has 1 fully saturated rings. The molecule has 0 N–H and O–H groups in total. The highest BCUT2D eigenvalue weighted by molar-refractivity contribution is 6.31. The van der Waals surface area contributed by atoms with Crippen LogP contribution in [0.1, 0.15) is 62.7 Å². The lowest BCUT2D eigenvalue weighted by Crippen LogP contribution is -2.35. The van der Waals surface area contributed by atoms with Crippen molar-refractivity contribution in [1.82, 2.24) is 20.0 Å². The van der Waals surface area contributed by atoms with Crippen LogP contribution in [0.25, 0.3) is 11.1 Å². The van der Waals surface area contributed by atoms with Crippen LogP contribution >= 0.6 is 11.6 Å². The zero-order valence-corrected chi connectivity index (χ0v) is 15.9. The lowest BCUT2D eigenvalue weighted by molar-refractivity contribution is 0.131. The first-order valence-corrected chi connectivity index (χ1v) is 9.64. The van der Waals surface area contributed by atoms with Crippen molar-refractivity contribution in [2.45, 2.75) is 51.5 Å². The molecule has 1 saturated heterocycles. The molecule has 0 radical (unpaired) electrons. The summed E-state index contributed by atoms with van der Waals surface area (Å²) in [5.41, 5.74) is 1.63. The van der Waals surface area contributed by atoms with Crippen LogP contribution in [0.2, 0.25) is 5.02 Å². The standard InChI is InChI=1S/C19H23ClN4O2/c1-3-4-17-22-18(26-23-17)12(2)24-9-7-13(8-10-24)19-21-15-11-14(20)5-6-16(15)25-19/h5-6,11-13H,3-4,7-10H2,1-2H3/t12-/m0/s1. The van der Waals surface area contributed by atoms with Crippen molar-refractivity contribution in [3.05, 3.63) is 40.8 Å². The van der Waals surface area contributed by atoms with Gasteiger partial charge in [0.2, 0.25) is 5.89 Å². The first kappa shape index (κ1) is 17.5. The summed E-state index contributed by atoms with van der Waals surface area (Å²) in [6, 6.07) is 5.70. The van der Waals surface area contributed by atoms with Crippen LogP contribution in [-0.4, -0.2) is 33.1 Å². The molecular formula is C19H23ClN4O2. The summed E-state index contributed by atoms with van der Waals surface area (Å²) in [6.07, 6.45) is 3.89. The number of hydrogen-bond donors (Lipinski definition) is 0. The minimum absolute atomic E-state index is 0.136. The van der Waals surface area contributed by atoms with Crippen LogP contribution in [0.4, 0.5) is 0 Å². The van der Waals surface area contributed by atoms with Crippen molar-refractivity contribution in [1.29, 1.82) is 0 Å². The van der Waals surface area contributed by atoms with Gasteiger partial charge in [0.25, 0.3) is 0 Å². The molecule has 1 aliphatic rings. The van der Waals surface area contributed by atoms with Gasteiger partial charge in [0.05, 0.1) is 6.04 Å². The Morgan fingerprint density at radius 1 is 1.27 bits per heavy atom. The van der Waals surface area contributed by atoms with Crippen molar-refractivity contribution < 1.29 is 8.94 Å². The second-order valence-electron chi connectivity index (χ2n) is 6.95. The van der Waals surface area contributed by atoms with E-state index in [-0.39, 0.29) is 6.04 Å². The second-order valence-corrected chi connectivity index (χ2v) is 7.39. The Morgan fingerprint density at radius 3 is 2.85 bits per heavy atom. The maximum absolute atomic E-state index is 6.04. The molecule has 0 bridgehead atoms. The Kier molecular flexibility index (Phi) is 4.96. The molecule has 26 heavy (non-hydrogen) atoms. The van der Waals surface area contributed by atoms with Gasteiger partial charge < -0.3 is 8.94 Å². The van der Waals surface area contributed by atoms with Gasteiger partial charge in [-0.2, -0.15) is 4.98 Å². The number of nitrogens with zero attached hydrogens (tertiary/aromatic N) is 4. The van der Waals surface area contributed by atoms with Crippen molar-refractivity contribution in [3.8, 4) is 0 Å². The van der Waals surface area contributed by atoms with E-state index in [0.29, 0.717) is 16.8 Å². The van der Waals surface area contributed by atoms with Gasteiger partial charge in [0, 0.05) is 17.4 Å². The average Bonchev–Trinajstić information content (AvgIpc) is 3.28. The number of oxazole rings is 1. The molecule has 1 atom stereocenters. The van der Waals surface area contributed by atoms with E-state index < -0.39 is 0 Å². The van der Waals surface area contributed by atoms with E-state index in [1.165, 1.54) is 0 Å². The van der Waals surface area contributed by atoms with Crippen molar-refractivity contribution in [2.75, 3.05) is 13.1 Å². The van der Waals surface area contributed by atoms with Gasteiger partial charge in [-0.05, 0) is 57.5 Å². The zero-order valence-electron chi connectivity index (χ0n) is 15.1. The molecule has 0 saturated carbocycles. The Bertz CT molecular complexity index is 883. The molecule has 0 aliphatic carbocycles. The van der Waals surface area contributed by atoms with Crippen LogP contribution in [0, 0.1) is 0 Å². The summed E-state index contributed by atoms with van der Waals surface area (Å²) < 4.78 is 11.4. The van der Waals surface area contributed by atoms with Crippen molar-refractivity contribution in [2.24, 2.45) is 0 Å². The first-order chi connectivity index (χ1) is 12.6. The summed E-state index contributed by atoms with van der Waals surface area (Å²) in [6.45, 7) is 6.16. The third-order valence-corrected chi connectivity index (χ3v) is 5.34. The third kappa shape index (κ3) is 3.48. The molecule has 3 heterocycles. The van der Waals surface area contributed by atoms with Crippen LogP contribution in [0.3, 0.4) is 0 Å². The Labute approximate surface area is 157 Å². The van der Waals surface area contributed by atoms with Gasteiger partial charge in [-0.1, -0.05) is 23.7 Å². The van der Waals surface area contributed by atoms with Crippen LogP contribution < -0.4 is 0 Å². The number of fused-ring (bicyclic) bond motifs is 1. The van der Waals surface area contributed by atoms with Crippen molar-refractivity contribution in [3.63, 3.8) is 0 Å². The number of hydrogen-bond acceptors (Lipinski definition) is 6. The van der Waals surface area contributed by atoms with Crippen molar-refractivity contribution >= 4 is 22.7 Å². The number of rotatable bonds is 5. The molecule has 0 spiro atoms. The van der Waals surface area contributed by atoms with Gasteiger partial charge in [0.1, 0.15) is 5.52 Å². The van der Waals surface area contributed by atoms with E-state index in [0.717, 1.165) is 61.6 Å². The van der Waals surface area contributed by atoms with Crippen LogP contribution in [-0.2, 0) is 6.42 Å². The molecule has 7 heteroatoms. The van der Waals surface area contributed by atoms with Gasteiger partial charge in [0.15, 0.2) is 17.3 Å². The van der Waals surface area contributed by atoms with Gasteiger partial charge in [-0.15, -0.1) is 0 Å². The fourth-order valence-corrected chi connectivity index (χ4v) is 3.71. The van der Waals surface area contributed by atoms with Gasteiger partial charge >= 0.3 is 0 Å². The predicted octanol–water partition coefficient (Wildman–Crippen LogP) is 4.76. The number of aryl methyl sites for hydroxylation is 1. The fourth-order valence-electron chi connectivity index (χ4n) is 3.55. The normalized spacial score (nSPS) is 17.8. The molecule has 138 valence electrons. The summed E-state index contributed by atoms with van der Waals surface area (Å²) >= 11 is 6.04. The van der Waals surface area contributed by atoms with E-state index in [1.54, 1.807) is 0 Å². The number of aromatic nitrogens is 3. The van der Waals surface area contributed by atoms with E-state index in [1.807, 2.05) is 18.2 Å². The van der Waals surface area contributed by atoms with Crippen LogP contribution in [0.15, 0.2) is 27.1 Å². The number of piperidine rings is 1. The molecule has 2 aromatic heterocycles. The van der Waals surface area contributed by atoms with E-state index in [9.17, 15) is 0 Å². The largest absolute Gasteiger partial charge is 0.440 e. The van der Waals surface area contributed by atoms with E-state index in [2.05, 4.69) is 33.9 Å². The quantitative estimate of drug-likeness (QED) is 0.641. The average molecular weight is 375 g/mol. The topological polar surface area (TPSA) is 68.2 Å². The maximum Gasteiger partial charge on any atom is 0.243 e. The molecule has 0 unspecified atom stereocenters. The minimum Gasteiger partial charge on any atom is -0.440 e. The number of benzene rings is 1. The number of halogens is 1. The summed E-state index contributed by atoms with van der Waals surface area (Å²) in [4.78, 5) is 11.6. The molecule has 1 aromatic carbocycles. The Hall–Kier alpha value is -1.92. The van der Waals surface area contributed by atoms with E-state index >= 15 is 0 Å². The summed E-state index contributed by atoms with van der Waals surface area (Å²) in [7, 11) is 0. The Balaban J connectivity index is 1.41. The van der Waals surface area contributed by atoms with E-state index in [4.69, 9.17) is 20.5 Å². The fraction of sp³-hybridized carbons (Fsp3) is 0.526. The smallest absolute Gasteiger partial charge is 0.243 e. The SMILES string of the molecule is CCCc1noc([C@H](C)N2CCC(c3nc4cc(Cl)ccc4o3)CC2)n1. The third-order valence-electron chi connectivity index (χ3n) is 5.11. The number of likely N-dealkylation sites (tertiary alicyclic amines) is 1. The Morgan fingerprint density at radius 2 is 2.08 bits per heavy atom. The van der Waals surface area contributed by atoms with Gasteiger partial charge in [-0.3, -0.25) is 4.90 Å². The molecular weight excluding hydrogens is 352 g/mol. The monoisotopic (exact) mass is 374 g/mol. The first-order valence-electron chi connectivity index (χ1n) is 9.26. The highest BCUT2D eigenvalue weighted by Crippen LogP contribution is 2.33. The molecule has 6 nitrogen and oxygen atoms in total. The minimum atomic E-state index is 0.136. The van der Waals surface area contributed by atoms with Gasteiger partial charge in [-0.25, -0.2) is 4.98 Å². The molecule has 0 amide bonds. The second kappa shape index (κ2) is 7.37. The van der Waals surface area contributed by atoms with Crippen LogP contribution in [0.5, 0.6) is 0 Å². The molecule has 1 aliphatic heterocycles. The zero-order chi connectivity index (χ0) is 18.1. The maximum atomic E-state index is 6.04. The highest BCUT2D eigenvalue weighted by atomic mass is 35.5.